The average molecular weight is 591 g/mol. The molecule has 4 heterocycles. The van der Waals surface area contributed by atoms with Gasteiger partial charge in [0.15, 0.2) is 11.6 Å². The van der Waals surface area contributed by atoms with Crippen LogP contribution in [0.15, 0.2) is 49.1 Å². The molecule has 0 aliphatic carbocycles. The predicted molar refractivity (Wildman–Crippen MR) is 167 cm³/mol. The molecule has 10 heteroatoms. The van der Waals surface area contributed by atoms with Gasteiger partial charge in [0.2, 0.25) is 11.7 Å². The number of halogens is 1. The maximum Gasteiger partial charge on any atom is 0.320 e. The molecule has 0 bridgehead atoms. The van der Waals surface area contributed by atoms with Gasteiger partial charge in [0.05, 0.1) is 6.04 Å². The summed E-state index contributed by atoms with van der Waals surface area (Å²) >= 11 is 6.76. The fraction of sp³-hybridized carbons (Fsp3) is 0.469. The lowest BCUT2D eigenvalue weighted by Crippen LogP contribution is -2.54. The van der Waals surface area contributed by atoms with Crippen molar-refractivity contribution in [3.63, 3.8) is 0 Å². The summed E-state index contributed by atoms with van der Waals surface area (Å²) in [6.45, 7) is 11.2. The quantitative estimate of drug-likeness (QED) is 0.374. The van der Waals surface area contributed by atoms with Crippen LogP contribution in [0.3, 0.4) is 0 Å². The normalized spacial score (nSPS) is 24.5. The number of likely N-dealkylation sites (tertiary alicyclic amines) is 1. The molecule has 2 fully saturated rings. The van der Waals surface area contributed by atoms with Gasteiger partial charge in [-0.05, 0) is 63.4 Å². The minimum atomic E-state index is -0.218. The highest BCUT2D eigenvalue weighted by Gasteiger charge is 2.40. The molecule has 0 N–H and O–H groups in total. The lowest BCUT2D eigenvalue weighted by atomic mass is 9.93. The van der Waals surface area contributed by atoms with E-state index >= 15 is 0 Å². The van der Waals surface area contributed by atoms with Gasteiger partial charge < -0.3 is 29.1 Å². The Morgan fingerprint density at radius 3 is 2.60 bits per heavy atom. The van der Waals surface area contributed by atoms with Crippen molar-refractivity contribution in [1.29, 1.82) is 0 Å². The minimum absolute atomic E-state index is 0.00859. The van der Waals surface area contributed by atoms with Crippen molar-refractivity contribution >= 4 is 39.9 Å². The van der Waals surface area contributed by atoms with Crippen LogP contribution >= 0.6 is 11.6 Å². The van der Waals surface area contributed by atoms with Gasteiger partial charge in [-0.1, -0.05) is 48.5 Å². The largest absolute Gasteiger partial charge is 0.481 e. The molecule has 0 radical (unpaired) electrons. The molecule has 0 saturated carbocycles. The van der Waals surface area contributed by atoms with Gasteiger partial charge >= 0.3 is 6.01 Å². The molecular formula is C32H39ClN6O3. The number of piperazine rings is 1. The number of carbonyl (C=O) groups is 1. The van der Waals surface area contributed by atoms with Gasteiger partial charge in [-0.25, -0.2) is 0 Å². The topological polar surface area (TPSA) is 74.3 Å². The van der Waals surface area contributed by atoms with Gasteiger partial charge in [0.1, 0.15) is 12.7 Å². The molecule has 2 aromatic carbocycles. The van der Waals surface area contributed by atoms with Crippen LogP contribution in [-0.2, 0) is 4.79 Å². The first-order valence-corrected chi connectivity index (χ1v) is 15.1. The minimum Gasteiger partial charge on any atom is -0.481 e. The number of hydrogen-bond donors (Lipinski definition) is 0. The Hall–Kier alpha value is -3.56. The van der Waals surface area contributed by atoms with E-state index < -0.39 is 0 Å². The van der Waals surface area contributed by atoms with Crippen molar-refractivity contribution in [3.05, 3.63) is 59.6 Å². The van der Waals surface area contributed by atoms with E-state index in [-0.39, 0.29) is 24.1 Å². The molecule has 4 atom stereocenters. The number of ether oxygens (including phenoxy) is 2. The van der Waals surface area contributed by atoms with Crippen LogP contribution in [0.2, 0.25) is 5.02 Å². The highest BCUT2D eigenvalue weighted by atomic mass is 35.5. The number of carbonyl (C=O) groups excluding carboxylic acids is 1. The molecule has 6 rings (SSSR count). The number of fused-ring (bicyclic) bond motifs is 2. The van der Waals surface area contributed by atoms with Crippen LogP contribution in [0.5, 0.6) is 11.8 Å². The second-order valence-corrected chi connectivity index (χ2v) is 12.1. The van der Waals surface area contributed by atoms with E-state index in [4.69, 9.17) is 31.0 Å². The zero-order valence-electron chi connectivity index (χ0n) is 24.8. The summed E-state index contributed by atoms with van der Waals surface area (Å²) in [7, 11) is 4.18. The number of hydrogen-bond acceptors (Lipinski definition) is 8. The van der Waals surface area contributed by atoms with Crippen LogP contribution in [0.1, 0.15) is 38.3 Å². The van der Waals surface area contributed by atoms with E-state index in [1.54, 1.807) is 0 Å². The number of aromatic nitrogens is 2. The Morgan fingerprint density at radius 2 is 1.88 bits per heavy atom. The standard InChI is InChI=1S/C32H39ClN6O3/c1-6-26(40)38-16-17-39(20(2)18-38)31-29-30(34-32(35-31)41-19-23-12-9-15-36(23)4)37(5)28(21(3)42-29)24-13-7-10-22-11-8-14-25(33)27(22)24/h6-8,10-11,13-14,20-21,23,28H,1,9,12,15-19H2,2-5H3/t20-,21+,23-,28?/m0/s1. The molecular weight excluding hydrogens is 552 g/mol. The fourth-order valence-electron chi connectivity index (χ4n) is 6.70. The molecule has 1 aromatic heterocycles. The SMILES string of the molecule is C=CC(=O)N1CCN(c2nc(OC[C@@H]3CCCN3C)nc3c2O[C@H](C)C(c2cccc4cccc(Cl)c24)N3C)[C@@H](C)C1. The van der Waals surface area contributed by atoms with Crippen molar-refractivity contribution in [2.45, 2.75) is 50.9 Å². The summed E-state index contributed by atoms with van der Waals surface area (Å²) in [5.74, 6) is 1.95. The van der Waals surface area contributed by atoms with Crippen LogP contribution in [0.4, 0.5) is 11.6 Å². The fourth-order valence-corrected chi connectivity index (χ4v) is 6.99. The first-order chi connectivity index (χ1) is 20.3. The van der Waals surface area contributed by atoms with E-state index in [1.807, 2.05) is 24.1 Å². The van der Waals surface area contributed by atoms with Crippen molar-refractivity contribution in [1.82, 2.24) is 19.8 Å². The maximum atomic E-state index is 12.4. The van der Waals surface area contributed by atoms with E-state index in [2.05, 4.69) is 66.4 Å². The third-order valence-electron chi connectivity index (χ3n) is 8.98. The Morgan fingerprint density at radius 1 is 1.12 bits per heavy atom. The van der Waals surface area contributed by atoms with Gasteiger partial charge in [-0.3, -0.25) is 4.79 Å². The Bertz CT molecular complexity index is 1500. The molecule has 1 unspecified atom stereocenters. The van der Waals surface area contributed by atoms with E-state index in [0.29, 0.717) is 60.7 Å². The number of rotatable bonds is 6. The predicted octanol–water partition coefficient (Wildman–Crippen LogP) is 4.94. The monoisotopic (exact) mass is 590 g/mol. The molecule has 42 heavy (non-hydrogen) atoms. The van der Waals surface area contributed by atoms with Gasteiger partial charge in [0.25, 0.3) is 0 Å². The van der Waals surface area contributed by atoms with Gasteiger partial charge in [-0.15, -0.1) is 0 Å². The summed E-state index contributed by atoms with van der Waals surface area (Å²) in [5.41, 5.74) is 1.08. The van der Waals surface area contributed by atoms with Crippen LogP contribution in [0.25, 0.3) is 10.8 Å². The molecule has 3 aliphatic heterocycles. The Kier molecular flexibility index (Phi) is 7.89. The Balaban J connectivity index is 1.40. The summed E-state index contributed by atoms with van der Waals surface area (Å²) in [5, 5.41) is 2.81. The molecule has 3 aromatic rings. The van der Waals surface area contributed by atoms with E-state index in [1.165, 1.54) is 6.08 Å². The first-order valence-electron chi connectivity index (χ1n) is 14.8. The van der Waals surface area contributed by atoms with Gasteiger partial charge in [-0.2, -0.15) is 9.97 Å². The number of amides is 1. The van der Waals surface area contributed by atoms with Crippen molar-refractivity contribution < 1.29 is 14.3 Å². The van der Waals surface area contributed by atoms with Crippen molar-refractivity contribution in [2.24, 2.45) is 0 Å². The molecule has 0 spiro atoms. The number of anilines is 2. The lowest BCUT2D eigenvalue weighted by Gasteiger charge is -2.44. The molecule has 1 amide bonds. The lowest BCUT2D eigenvalue weighted by molar-refractivity contribution is -0.126. The first kappa shape index (κ1) is 28.6. The summed E-state index contributed by atoms with van der Waals surface area (Å²) in [4.78, 5) is 30.8. The molecule has 2 saturated heterocycles. The highest BCUT2D eigenvalue weighted by molar-refractivity contribution is 6.35. The third-order valence-corrected chi connectivity index (χ3v) is 9.29. The zero-order valence-corrected chi connectivity index (χ0v) is 25.5. The highest BCUT2D eigenvalue weighted by Crippen LogP contribution is 2.48. The smallest absolute Gasteiger partial charge is 0.320 e. The molecule has 3 aliphatic rings. The maximum absolute atomic E-state index is 12.4. The van der Waals surface area contributed by atoms with Crippen molar-refractivity contribution in [2.75, 3.05) is 56.7 Å². The number of likely N-dealkylation sites (N-methyl/N-ethyl adjacent to an activating group) is 2. The van der Waals surface area contributed by atoms with Crippen LogP contribution in [0, 0.1) is 0 Å². The number of nitrogens with zero attached hydrogens (tertiary/aromatic N) is 6. The number of benzene rings is 2. The van der Waals surface area contributed by atoms with E-state index in [9.17, 15) is 4.79 Å². The molecule has 222 valence electrons. The van der Waals surface area contributed by atoms with Crippen LogP contribution < -0.4 is 19.3 Å². The zero-order chi connectivity index (χ0) is 29.5. The average Bonchev–Trinajstić information content (AvgIpc) is 3.40. The second-order valence-electron chi connectivity index (χ2n) is 11.7. The second kappa shape index (κ2) is 11.6. The van der Waals surface area contributed by atoms with Crippen LogP contribution in [-0.4, -0.2) is 90.7 Å². The Labute approximate surface area is 252 Å². The third kappa shape index (κ3) is 5.13. The summed E-state index contributed by atoms with van der Waals surface area (Å²) in [6.07, 6.45) is 3.41. The van der Waals surface area contributed by atoms with Gasteiger partial charge in [0, 0.05) is 49.2 Å². The van der Waals surface area contributed by atoms with E-state index in [0.717, 1.165) is 35.7 Å². The summed E-state index contributed by atoms with van der Waals surface area (Å²) in [6, 6.07) is 12.8. The molecule has 9 nitrogen and oxygen atoms in total. The summed E-state index contributed by atoms with van der Waals surface area (Å²) < 4.78 is 13.0. The van der Waals surface area contributed by atoms with Crippen molar-refractivity contribution in [3.8, 4) is 11.8 Å².